The molecule has 1 amide bonds. The maximum Gasteiger partial charge on any atom is 0.291 e. The molecule has 1 N–H and O–H groups in total. The first kappa shape index (κ1) is 19.9. The van der Waals surface area contributed by atoms with Gasteiger partial charge in [0.05, 0.1) is 11.8 Å². The monoisotopic (exact) mass is 406 g/mol. The van der Waals surface area contributed by atoms with Gasteiger partial charge in [-0.3, -0.25) is 14.0 Å². The first-order chi connectivity index (χ1) is 14.5. The number of aryl methyl sites for hydroxylation is 1. The zero-order valence-electron chi connectivity index (χ0n) is 17.5. The molecule has 1 aromatic carbocycles. The summed E-state index contributed by atoms with van der Waals surface area (Å²) in [6.07, 6.45) is 2.68. The minimum absolute atomic E-state index is 0.170. The summed E-state index contributed by atoms with van der Waals surface area (Å²) in [6, 6.07) is 12.9. The highest BCUT2D eigenvalue weighted by Crippen LogP contribution is 2.21. The molecule has 4 rings (SSSR count). The molecule has 0 radical (unpaired) electrons. The van der Waals surface area contributed by atoms with Crippen molar-refractivity contribution in [1.82, 2.24) is 19.5 Å². The summed E-state index contributed by atoms with van der Waals surface area (Å²) < 4.78 is 8.61. The minimum Gasteiger partial charge on any atom is -0.463 e. The molecule has 4 aromatic rings. The van der Waals surface area contributed by atoms with E-state index in [1.165, 1.54) is 4.68 Å². The van der Waals surface area contributed by atoms with Crippen LogP contribution in [0.1, 0.15) is 50.5 Å². The molecule has 30 heavy (non-hydrogen) atoms. The van der Waals surface area contributed by atoms with Crippen LogP contribution in [-0.4, -0.2) is 26.6 Å². The van der Waals surface area contributed by atoms with Crippen LogP contribution >= 0.6 is 0 Å². The standard InChI is InChI=1S/C23H26N4O3/c1-4-17(22(28)24-14-15(3)16-9-7-6-8-10-16)27-23(29)19-13-20-18(11-12-30-20)26(19)21(5-2)25-27/h6-13,15,17H,4-5,14H2,1-3H3,(H,24,28)/t15-,17-/m0/s1. The van der Waals surface area contributed by atoms with Gasteiger partial charge in [0.2, 0.25) is 5.91 Å². The van der Waals surface area contributed by atoms with Gasteiger partial charge >= 0.3 is 0 Å². The average Bonchev–Trinajstić information content (AvgIpc) is 3.37. The van der Waals surface area contributed by atoms with Crippen LogP contribution in [0.15, 0.2) is 57.9 Å². The predicted octanol–water partition coefficient (Wildman–Crippen LogP) is 3.68. The van der Waals surface area contributed by atoms with Gasteiger partial charge in [-0.25, -0.2) is 4.68 Å². The highest BCUT2D eigenvalue weighted by molar-refractivity contribution is 5.83. The molecule has 0 unspecified atom stereocenters. The summed E-state index contributed by atoms with van der Waals surface area (Å²) in [6.45, 7) is 6.43. The number of nitrogens with zero attached hydrogens (tertiary/aromatic N) is 3. The van der Waals surface area contributed by atoms with Crippen molar-refractivity contribution in [2.24, 2.45) is 0 Å². The number of furan rings is 1. The lowest BCUT2D eigenvalue weighted by atomic mass is 10.0. The maximum absolute atomic E-state index is 13.2. The van der Waals surface area contributed by atoms with Crippen molar-refractivity contribution < 1.29 is 9.21 Å². The van der Waals surface area contributed by atoms with Crippen LogP contribution in [0.5, 0.6) is 0 Å². The quantitative estimate of drug-likeness (QED) is 0.508. The van der Waals surface area contributed by atoms with Gasteiger partial charge in [-0.15, -0.1) is 0 Å². The number of hydrogen-bond acceptors (Lipinski definition) is 4. The van der Waals surface area contributed by atoms with Gasteiger partial charge in [0, 0.05) is 25.1 Å². The highest BCUT2D eigenvalue weighted by Gasteiger charge is 2.24. The number of aromatic nitrogens is 3. The van der Waals surface area contributed by atoms with E-state index in [1.54, 1.807) is 12.3 Å². The molecule has 7 nitrogen and oxygen atoms in total. The molecular weight excluding hydrogens is 380 g/mol. The van der Waals surface area contributed by atoms with E-state index < -0.39 is 6.04 Å². The lowest BCUT2D eigenvalue weighted by Gasteiger charge is -2.20. The molecule has 156 valence electrons. The van der Waals surface area contributed by atoms with Crippen molar-refractivity contribution in [1.29, 1.82) is 0 Å². The van der Waals surface area contributed by atoms with Crippen LogP contribution in [0.25, 0.3) is 16.6 Å². The van der Waals surface area contributed by atoms with E-state index in [0.717, 1.165) is 11.1 Å². The van der Waals surface area contributed by atoms with Crippen molar-refractivity contribution in [3.63, 3.8) is 0 Å². The minimum atomic E-state index is -0.669. The molecule has 7 heteroatoms. The summed E-state index contributed by atoms with van der Waals surface area (Å²) in [7, 11) is 0. The van der Waals surface area contributed by atoms with Crippen molar-refractivity contribution >= 4 is 22.5 Å². The largest absolute Gasteiger partial charge is 0.463 e. The van der Waals surface area contributed by atoms with Crippen LogP contribution < -0.4 is 10.9 Å². The van der Waals surface area contributed by atoms with Crippen LogP contribution in [0, 0.1) is 0 Å². The Morgan fingerprint density at radius 3 is 2.63 bits per heavy atom. The number of carbonyl (C=O) groups excluding carboxylic acids is 1. The Balaban J connectivity index is 1.64. The second kappa shape index (κ2) is 8.18. The molecule has 0 bridgehead atoms. The van der Waals surface area contributed by atoms with E-state index in [1.807, 2.05) is 54.6 Å². The number of nitrogens with one attached hydrogen (secondary N) is 1. The van der Waals surface area contributed by atoms with Crippen molar-refractivity contribution in [3.05, 3.63) is 70.5 Å². The average molecular weight is 406 g/mol. The maximum atomic E-state index is 13.2. The Hall–Kier alpha value is -3.35. The van der Waals surface area contributed by atoms with E-state index in [2.05, 4.69) is 17.3 Å². The number of benzene rings is 1. The summed E-state index contributed by atoms with van der Waals surface area (Å²) in [4.78, 5) is 26.2. The summed E-state index contributed by atoms with van der Waals surface area (Å²) in [5.74, 6) is 0.685. The molecule has 3 heterocycles. The fraction of sp³-hybridized carbons (Fsp3) is 0.348. The predicted molar refractivity (Wildman–Crippen MR) is 116 cm³/mol. The van der Waals surface area contributed by atoms with Gasteiger partial charge < -0.3 is 9.73 Å². The smallest absolute Gasteiger partial charge is 0.291 e. The summed E-state index contributed by atoms with van der Waals surface area (Å²) in [5.41, 5.74) is 2.78. The van der Waals surface area contributed by atoms with E-state index >= 15 is 0 Å². The zero-order chi connectivity index (χ0) is 21.3. The number of carbonyl (C=O) groups is 1. The number of amides is 1. The van der Waals surface area contributed by atoms with Gasteiger partial charge in [0.15, 0.2) is 5.58 Å². The fourth-order valence-corrected chi connectivity index (χ4v) is 3.87. The number of fused-ring (bicyclic) bond motifs is 3. The normalized spacial score (nSPS) is 13.6. The third-order valence-electron chi connectivity index (χ3n) is 5.58. The Kier molecular flexibility index (Phi) is 5.44. The summed E-state index contributed by atoms with van der Waals surface area (Å²) in [5, 5.41) is 7.56. The second-order valence-electron chi connectivity index (χ2n) is 7.54. The SMILES string of the molecule is CCc1nn([C@@H](CC)C(=O)NC[C@H](C)c2ccccc2)c(=O)c2cc3occc3n12. The third kappa shape index (κ3) is 3.40. The van der Waals surface area contributed by atoms with Crippen LogP contribution in [0.2, 0.25) is 0 Å². The molecule has 0 saturated carbocycles. The summed E-state index contributed by atoms with van der Waals surface area (Å²) >= 11 is 0. The van der Waals surface area contributed by atoms with Crippen molar-refractivity contribution in [2.45, 2.75) is 45.6 Å². The van der Waals surface area contributed by atoms with Gasteiger partial charge in [-0.2, -0.15) is 5.10 Å². The Morgan fingerprint density at radius 2 is 1.93 bits per heavy atom. The van der Waals surface area contributed by atoms with Gasteiger partial charge in [-0.05, 0) is 17.9 Å². The number of hydrogen-bond donors (Lipinski definition) is 1. The molecule has 0 saturated heterocycles. The lowest BCUT2D eigenvalue weighted by Crippen LogP contribution is -2.40. The Bertz CT molecular complexity index is 1240. The molecule has 0 aliphatic carbocycles. The van der Waals surface area contributed by atoms with E-state index in [0.29, 0.717) is 36.3 Å². The zero-order valence-corrected chi connectivity index (χ0v) is 17.5. The Labute approximate surface area is 174 Å². The molecule has 3 aromatic heterocycles. The van der Waals surface area contributed by atoms with Crippen molar-refractivity contribution in [2.75, 3.05) is 6.54 Å². The molecule has 0 aliphatic heterocycles. The third-order valence-corrected chi connectivity index (χ3v) is 5.58. The van der Waals surface area contributed by atoms with E-state index in [-0.39, 0.29) is 17.4 Å². The van der Waals surface area contributed by atoms with Crippen molar-refractivity contribution in [3.8, 4) is 0 Å². The van der Waals surface area contributed by atoms with Crippen LogP contribution in [0.3, 0.4) is 0 Å². The first-order valence-electron chi connectivity index (χ1n) is 10.4. The van der Waals surface area contributed by atoms with Crippen LogP contribution in [0.4, 0.5) is 0 Å². The number of rotatable bonds is 7. The molecule has 0 aliphatic rings. The second-order valence-corrected chi connectivity index (χ2v) is 7.54. The molecule has 2 atom stereocenters. The van der Waals surface area contributed by atoms with E-state index in [4.69, 9.17) is 4.42 Å². The molecule has 0 fully saturated rings. The van der Waals surface area contributed by atoms with Gasteiger partial charge in [0.1, 0.15) is 17.4 Å². The molecular formula is C23H26N4O3. The van der Waals surface area contributed by atoms with Crippen LogP contribution in [-0.2, 0) is 11.2 Å². The molecule has 0 spiro atoms. The lowest BCUT2D eigenvalue weighted by molar-refractivity contribution is -0.124. The fourth-order valence-electron chi connectivity index (χ4n) is 3.87. The highest BCUT2D eigenvalue weighted by atomic mass is 16.3. The topological polar surface area (TPSA) is 81.5 Å². The van der Waals surface area contributed by atoms with Gasteiger partial charge in [0.25, 0.3) is 5.56 Å². The first-order valence-corrected chi connectivity index (χ1v) is 10.4. The van der Waals surface area contributed by atoms with E-state index in [9.17, 15) is 9.59 Å². The van der Waals surface area contributed by atoms with Gasteiger partial charge in [-0.1, -0.05) is 51.1 Å². The Morgan fingerprint density at radius 1 is 1.17 bits per heavy atom.